The van der Waals surface area contributed by atoms with Crippen LogP contribution in [0, 0.1) is 0 Å². The standard InChI is InChI=1S/C21H26O2.C14H12O3/c1-2-3-4-5-6-10-17-23-20-15-13-19(14-16-20)21(22)18-11-8-7-9-12-18;1-17-11-7-8-12(13(15)9-11)14(16)10-5-3-2-4-6-10/h7-9,11-16H,2-6,10,17H2,1H3;2-9,15H,1H3. The Morgan fingerprint density at radius 3 is 1.73 bits per heavy atom. The SMILES string of the molecule is CCCCCCCCOc1ccc(C(=O)c2ccccc2)cc1.COc1ccc(C(=O)c2ccccc2)c(O)c1. The number of ether oxygens (including phenoxy) is 2. The first-order valence-corrected chi connectivity index (χ1v) is 13.8. The van der Waals surface area contributed by atoms with Crippen LogP contribution in [0.15, 0.2) is 103 Å². The van der Waals surface area contributed by atoms with Crippen LogP contribution in [-0.2, 0) is 0 Å². The number of aromatic hydroxyl groups is 1. The number of carbonyl (C=O) groups is 2. The lowest BCUT2D eigenvalue weighted by Crippen LogP contribution is -2.01. The average Bonchev–Trinajstić information content (AvgIpc) is 3.01. The fourth-order valence-electron chi connectivity index (χ4n) is 4.11. The molecule has 0 atom stereocenters. The summed E-state index contributed by atoms with van der Waals surface area (Å²) in [6, 6.07) is 30.3. The zero-order chi connectivity index (χ0) is 28.6. The molecule has 0 unspecified atom stereocenters. The van der Waals surface area contributed by atoms with Crippen LogP contribution in [0.5, 0.6) is 17.2 Å². The molecule has 4 aromatic rings. The number of benzene rings is 4. The molecule has 0 amide bonds. The van der Waals surface area contributed by atoms with Gasteiger partial charge in [0, 0.05) is 22.8 Å². The van der Waals surface area contributed by atoms with Gasteiger partial charge in [-0.3, -0.25) is 9.59 Å². The summed E-state index contributed by atoms with van der Waals surface area (Å²) in [4.78, 5) is 24.4. The van der Waals surface area contributed by atoms with Crippen molar-refractivity contribution in [3.63, 3.8) is 0 Å². The Morgan fingerprint density at radius 1 is 0.625 bits per heavy atom. The van der Waals surface area contributed by atoms with Crippen LogP contribution in [0.4, 0.5) is 0 Å². The molecule has 0 aliphatic rings. The molecule has 0 aliphatic carbocycles. The zero-order valence-electron chi connectivity index (χ0n) is 23.3. The maximum atomic E-state index is 12.3. The summed E-state index contributed by atoms with van der Waals surface area (Å²) in [5, 5.41) is 9.75. The van der Waals surface area contributed by atoms with Crippen molar-refractivity contribution in [1.29, 1.82) is 0 Å². The normalized spacial score (nSPS) is 10.2. The Kier molecular flexibility index (Phi) is 12.5. The number of methoxy groups -OCH3 is 1. The molecular weight excluding hydrogens is 500 g/mol. The van der Waals surface area contributed by atoms with Gasteiger partial charge in [-0.2, -0.15) is 0 Å². The molecular formula is C35H38O5. The van der Waals surface area contributed by atoms with Crippen LogP contribution in [0.1, 0.15) is 77.3 Å². The van der Waals surface area contributed by atoms with Gasteiger partial charge in [0.25, 0.3) is 0 Å². The average molecular weight is 539 g/mol. The van der Waals surface area contributed by atoms with Crippen LogP contribution in [0.3, 0.4) is 0 Å². The molecule has 0 saturated carbocycles. The summed E-state index contributed by atoms with van der Waals surface area (Å²) >= 11 is 0. The second kappa shape index (κ2) is 16.6. The van der Waals surface area contributed by atoms with Crippen molar-refractivity contribution in [2.24, 2.45) is 0 Å². The van der Waals surface area contributed by atoms with Crippen LogP contribution >= 0.6 is 0 Å². The second-order valence-corrected chi connectivity index (χ2v) is 9.41. The van der Waals surface area contributed by atoms with E-state index in [1.807, 2.05) is 60.7 Å². The number of rotatable bonds is 13. The van der Waals surface area contributed by atoms with Crippen molar-refractivity contribution in [1.82, 2.24) is 0 Å². The van der Waals surface area contributed by atoms with Gasteiger partial charge in [-0.15, -0.1) is 0 Å². The number of hydrogen-bond donors (Lipinski definition) is 1. The first kappa shape index (κ1) is 30.2. The number of phenolic OH excluding ortho intramolecular Hbond substituents is 1. The molecule has 0 bridgehead atoms. The largest absolute Gasteiger partial charge is 0.507 e. The van der Waals surface area contributed by atoms with Gasteiger partial charge in [-0.1, -0.05) is 99.7 Å². The Morgan fingerprint density at radius 2 is 1.15 bits per heavy atom. The molecule has 0 aromatic heterocycles. The van der Waals surface area contributed by atoms with Crippen molar-refractivity contribution in [2.45, 2.75) is 45.4 Å². The van der Waals surface area contributed by atoms with E-state index < -0.39 is 0 Å². The van der Waals surface area contributed by atoms with Gasteiger partial charge in [0.1, 0.15) is 17.2 Å². The first-order chi connectivity index (χ1) is 19.5. The van der Waals surface area contributed by atoms with Crippen LogP contribution in [-0.4, -0.2) is 30.4 Å². The monoisotopic (exact) mass is 538 g/mol. The Bertz CT molecular complexity index is 1320. The van der Waals surface area contributed by atoms with Crippen molar-refractivity contribution in [2.75, 3.05) is 13.7 Å². The number of ketones is 2. The topological polar surface area (TPSA) is 72.8 Å². The molecule has 5 nitrogen and oxygen atoms in total. The van der Waals surface area contributed by atoms with Gasteiger partial charge >= 0.3 is 0 Å². The third-order valence-electron chi connectivity index (χ3n) is 6.40. The fourth-order valence-corrected chi connectivity index (χ4v) is 4.11. The first-order valence-electron chi connectivity index (χ1n) is 13.8. The molecule has 0 fully saturated rings. The lowest BCUT2D eigenvalue weighted by atomic mass is 10.0. The lowest BCUT2D eigenvalue weighted by Gasteiger charge is -2.07. The summed E-state index contributed by atoms with van der Waals surface area (Å²) in [6.07, 6.45) is 7.55. The van der Waals surface area contributed by atoms with Gasteiger partial charge in [-0.25, -0.2) is 0 Å². The minimum atomic E-state index is -0.203. The maximum absolute atomic E-state index is 12.3. The van der Waals surface area contributed by atoms with E-state index in [2.05, 4.69) is 6.92 Å². The van der Waals surface area contributed by atoms with Crippen molar-refractivity contribution in [3.8, 4) is 17.2 Å². The maximum Gasteiger partial charge on any atom is 0.196 e. The van der Waals surface area contributed by atoms with E-state index in [0.29, 0.717) is 22.4 Å². The van der Waals surface area contributed by atoms with Crippen LogP contribution < -0.4 is 9.47 Å². The Labute approximate surface area is 237 Å². The van der Waals surface area contributed by atoms with E-state index in [1.165, 1.54) is 45.3 Å². The molecule has 0 aliphatic heterocycles. The van der Waals surface area contributed by atoms with Crippen LogP contribution in [0.2, 0.25) is 0 Å². The van der Waals surface area contributed by atoms with Crippen molar-refractivity contribution in [3.05, 3.63) is 125 Å². The third kappa shape index (κ3) is 9.42. The lowest BCUT2D eigenvalue weighted by molar-refractivity contribution is 0.102. The van der Waals surface area contributed by atoms with E-state index in [0.717, 1.165) is 18.8 Å². The van der Waals surface area contributed by atoms with Crippen molar-refractivity contribution < 1.29 is 24.2 Å². The zero-order valence-corrected chi connectivity index (χ0v) is 23.3. The fraction of sp³-hybridized carbons (Fsp3) is 0.257. The molecule has 0 heterocycles. The minimum Gasteiger partial charge on any atom is -0.507 e. The van der Waals surface area contributed by atoms with Gasteiger partial charge < -0.3 is 14.6 Å². The Balaban J connectivity index is 0.000000230. The highest BCUT2D eigenvalue weighted by molar-refractivity contribution is 6.10. The van der Waals surface area contributed by atoms with Gasteiger partial charge in [0.05, 0.1) is 19.3 Å². The highest BCUT2D eigenvalue weighted by atomic mass is 16.5. The summed E-state index contributed by atoms with van der Waals surface area (Å²) in [6.45, 7) is 2.98. The second-order valence-electron chi connectivity index (χ2n) is 9.41. The van der Waals surface area contributed by atoms with E-state index in [4.69, 9.17) is 9.47 Å². The highest BCUT2D eigenvalue weighted by Gasteiger charge is 2.13. The molecule has 40 heavy (non-hydrogen) atoms. The predicted octanol–water partition coefficient (Wildman–Crippen LogP) is 8.29. The molecule has 1 N–H and O–H groups in total. The van der Waals surface area contributed by atoms with Gasteiger partial charge in [0.15, 0.2) is 11.6 Å². The van der Waals surface area contributed by atoms with E-state index in [-0.39, 0.29) is 22.9 Å². The molecule has 208 valence electrons. The summed E-state index contributed by atoms with van der Waals surface area (Å²) in [7, 11) is 1.51. The van der Waals surface area contributed by atoms with Gasteiger partial charge in [-0.05, 0) is 42.8 Å². The summed E-state index contributed by atoms with van der Waals surface area (Å²) in [5.41, 5.74) is 2.24. The van der Waals surface area contributed by atoms with Gasteiger partial charge in [0.2, 0.25) is 0 Å². The molecule has 5 heteroatoms. The van der Waals surface area contributed by atoms with E-state index >= 15 is 0 Å². The van der Waals surface area contributed by atoms with E-state index in [9.17, 15) is 14.7 Å². The number of unbranched alkanes of at least 4 members (excludes halogenated alkanes) is 5. The molecule has 4 rings (SSSR count). The minimum absolute atomic E-state index is 0.0491. The predicted molar refractivity (Wildman–Crippen MR) is 160 cm³/mol. The van der Waals surface area contributed by atoms with E-state index in [1.54, 1.807) is 36.4 Å². The molecule has 0 radical (unpaired) electrons. The number of phenols is 1. The number of carbonyl (C=O) groups excluding carboxylic acids is 2. The van der Waals surface area contributed by atoms with Crippen molar-refractivity contribution >= 4 is 11.6 Å². The summed E-state index contributed by atoms with van der Waals surface area (Å²) in [5.74, 6) is 1.13. The summed E-state index contributed by atoms with van der Waals surface area (Å²) < 4.78 is 10.7. The number of hydrogen-bond acceptors (Lipinski definition) is 5. The van der Waals surface area contributed by atoms with Crippen LogP contribution in [0.25, 0.3) is 0 Å². The third-order valence-corrected chi connectivity index (χ3v) is 6.40. The molecule has 4 aromatic carbocycles. The Hall–Kier alpha value is -4.38. The smallest absolute Gasteiger partial charge is 0.196 e. The quantitative estimate of drug-likeness (QED) is 0.137. The highest BCUT2D eigenvalue weighted by Crippen LogP contribution is 2.25. The molecule has 0 spiro atoms. The molecule has 0 saturated heterocycles.